The van der Waals surface area contributed by atoms with Gasteiger partial charge in [0.1, 0.15) is 11.4 Å². The Morgan fingerprint density at radius 1 is 1.31 bits per heavy atom. The van der Waals surface area contributed by atoms with Crippen LogP contribution in [0.2, 0.25) is 0 Å². The van der Waals surface area contributed by atoms with Crippen LogP contribution < -0.4 is 10.3 Å². The van der Waals surface area contributed by atoms with E-state index in [-0.39, 0.29) is 17.1 Å². The van der Waals surface area contributed by atoms with Crippen molar-refractivity contribution in [3.8, 4) is 0 Å². The van der Waals surface area contributed by atoms with E-state index in [4.69, 9.17) is 4.42 Å². The number of hydrazone groups is 1. The maximum atomic E-state index is 14.9. The van der Waals surface area contributed by atoms with Crippen molar-refractivity contribution in [2.45, 2.75) is 45.6 Å². The molecule has 1 aliphatic rings. The van der Waals surface area contributed by atoms with E-state index in [0.29, 0.717) is 17.1 Å². The van der Waals surface area contributed by atoms with Crippen LogP contribution in [0.4, 0.5) is 10.1 Å². The molecule has 1 unspecified atom stereocenters. The molecule has 2 heterocycles. The van der Waals surface area contributed by atoms with Crippen LogP contribution in [0.25, 0.3) is 11.0 Å². The van der Waals surface area contributed by atoms with Crippen LogP contribution in [-0.2, 0) is 0 Å². The Kier molecular flexibility index (Phi) is 6.20. The number of hydrogen-bond donors (Lipinski definition) is 1. The molecular weight excluding hydrogens is 541 g/mol. The number of fused-ring (bicyclic) bond motifs is 2. The lowest BCUT2D eigenvalue weighted by molar-refractivity contribution is 0.0929. The fourth-order valence-corrected chi connectivity index (χ4v) is 5.96. The van der Waals surface area contributed by atoms with Gasteiger partial charge in [0.25, 0.3) is 0 Å². The zero-order valence-corrected chi connectivity index (χ0v) is 21.5. The van der Waals surface area contributed by atoms with Gasteiger partial charge in [0.05, 0.1) is 10.7 Å². The molecule has 0 spiro atoms. The van der Waals surface area contributed by atoms with Crippen molar-refractivity contribution < 1.29 is 13.6 Å². The lowest BCUT2D eigenvalue weighted by atomic mass is 9.79. The summed E-state index contributed by atoms with van der Waals surface area (Å²) in [6.07, 6.45) is 2.32. The molecule has 168 valence electrons. The monoisotopic (exact) mass is 563 g/mol. The molecule has 0 saturated carbocycles. The number of nitrogens with zero attached hydrogens (tertiary/aromatic N) is 2. The maximum absolute atomic E-state index is 14.9. The smallest absolute Gasteiger partial charge is 0.307 e. The number of carbonyl (C=O) groups is 1. The molecule has 1 atom stereocenters. The van der Waals surface area contributed by atoms with E-state index in [1.807, 2.05) is 18.2 Å². The number of hydrogen-bond acceptors (Lipinski definition) is 4. The van der Waals surface area contributed by atoms with Gasteiger partial charge in [-0.3, -0.25) is 4.79 Å². The predicted molar refractivity (Wildman–Crippen MR) is 133 cm³/mol. The number of amides is 1. The first-order valence-electron chi connectivity index (χ1n) is 10.4. The van der Waals surface area contributed by atoms with E-state index in [9.17, 15) is 9.18 Å². The van der Waals surface area contributed by atoms with Crippen LogP contribution in [0, 0.1) is 5.82 Å². The molecule has 0 radical (unpaired) electrons. The summed E-state index contributed by atoms with van der Waals surface area (Å²) in [6, 6.07) is 8.74. The van der Waals surface area contributed by atoms with Crippen molar-refractivity contribution in [2.24, 2.45) is 5.10 Å². The summed E-state index contributed by atoms with van der Waals surface area (Å²) in [5.74, 6) is -0.469. The predicted octanol–water partition coefficient (Wildman–Crippen LogP) is 6.97. The van der Waals surface area contributed by atoms with Gasteiger partial charge < -0.3 is 9.32 Å². The molecular formula is C24H24Br2FN3O2. The van der Waals surface area contributed by atoms with Gasteiger partial charge in [0.2, 0.25) is 0 Å². The number of halogens is 3. The molecule has 1 aromatic heterocycles. The first kappa shape index (κ1) is 23.0. The van der Waals surface area contributed by atoms with E-state index in [2.05, 4.69) is 75.0 Å². The average Bonchev–Trinajstić information content (AvgIpc) is 3.13. The molecule has 0 saturated heterocycles. The second kappa shape index (κ2) is 8.63. The zero-order valence-electron chi connectivity index (χ0n) is 18.3. The molecule has 1 amide bonds. The van der Waals surface area contributed by atoms with Crippen molar-refractivity contribution in [1.29, 1.82) is 0 Å². The molecule has 1 N–H and O–H groups in total. The molecule has 0 aliphatic carbocycles. The van der Waals surface area contributed by atoms with Crippen molar-refractivity contribution in [2.75, 3.05) is 11.4 Å². The highest BCUT2D eigenvalue weighted by atomic mass is 79.9. The Morgan fingerprint density at radius 3 is 2.78 bits per heavy atom. The minimum atomic E-state index is -0.508. The quantitative estimate of drug-likeness (QED) is 0.275. The fraction of sp³-hybridized carbons (Fsp3) is 0.333. The topological polar surface area (TPSA) is 57.8 Å². The van der Waals surface area contributed by atoms with Crippen molar-refractivity contribution >= 4 is 60.6 Å². The zero-order chi connectivity index (χ0) is 23.2. The summed E-state index contributed by atoms with van der Waals surface area (Å²) in [7, 11) is 0. The van der Waals surface area contributed by atoms with Gasteiger partial charge in [-0.1, -0.05) is 22.9 Å². The van der Waals surface area contributed by atoms with E-state index in [1.54, 1.807) is 12.1 Å². The lowest BCUT2D eigenvalue weighted by Gasteiger charge is -2.47. The number of benzene rings is 2. The van der Waals surface area contributed by atoms with Crippen LogP contribution >= 0.6 is 31.9 Å². The number of carbonyl (C=O) groups excluding carboxylic acids is 1. The third kappa shape index (κ3) is 4.22. The Balaban J connectivity index is 1.56. The van der Waals surface area contributed by atoms with Gasteiger partial charge in [0, 0.05) is 33.2 Å². The number of furan rings is 1. The normalized spacial score (nSPS) is 17.7. The maximum Gasteiger partial charge on any atom is 0.307 e. The number of rotatable bonds is 4. The van der Waals surface area contributed by atoms with Gasteiger partial charge in [-0.05, 0) is 84.9 Å². The van der Waals surface area contributed by atoms with Crippen LogP contribution in [-0.4, -0.2) is 24.2 Å². The molecule has 8 heteroatoms. The second-order valence-corrected chi connectivity index (χ2v) is 10.5. The number of nitrogens with one attached hydrogen (secondary N) is 1. The van der Waals surface area contributed by atoms with Gasteiger partial charge in [-0.15, -0.1) is 0 Å². The molecule has 4 rings (SSSR count). The van der Waals surface area contributed by atoms with Crippen LogP contribution in [0.15, 0.2) is 48.8 Å². The third-order valence-corrected chi connectivity index (χ3v) is 7.00. The first-order chi connectivity index (χ1) is 15.1. The van der Waals surface area contributed by atoms with Crippen LogP contribution in [0.5, 0.6) is 0 Å². The van der Waals surface area contributed by atoms with Gasteiger partial charge >= 0.3 is 5.91 Å². The van der Waals surface area contributed by atoms with E-state index in [1.165, 1.54) is 6.21 Å². The van der Waals surface area contributed by atoms with Gasteiger partial charge in [0.15, 0.2) is 5.76 Å². The summed E-state index contributed by atoms with van der Waals surface area (Å²) >= 11 is 6.84. The molecule has 32 heavy (non-hydrogen) atoms. The van der Waals surface area contributed by atoms with Gasteiger partial charge in [-0.25, -0.2) is 9.82 Å². The summed E-state index contributed by atoms with van der Waals surface area (Å²) in [5.41, 5.74) is 5.31. The molecule has 1 aliphatic heterocycles. The summed E-state index contributed by atoms with van der Waals surface area (Å²) in [6.45, 7) is 9.42. The lowest BCUT2D eigenvalue weighted by Crippen LogP contribution is -2.48. The van der Waals surface area contributed by atoms with Gasteiger partial charge in [-0.2, -0.15) is 5.10 Å². The average molecular weight is 565 g/mol. The Hall–Kier alpha value is -2.19. The van der Waals surface area contributed by atoms with E-state index in [0.717, 1.165) is 38.5 Å². The molecule has 2 aromatic carbocycles. The molecule has 3 aromatic rings. The Bertz CT molecular complexity index is 1240. The highest BCUT2D eigenvalue weighted by Crippen LogP contribution is 2.43. The molecule has 0 bridgehead atoms. The molecule has 0 fully saturated rings. The minimum Gasteiger partial charge on any atom is -0.450 e. The standard InChI is InChI=1S/C24H24Br2FN3O2/c1-5-30-20-10-19(27)15(7-17(20)13(2)11-24(30,3)4)12-28-29-23(31)21-8-14-6-16(25)9-18(26)22(14)32-21/h6-10,12-13H,5,11H2,1-4H3,(H,29,31)/b28-12-. The molecule has 5 nitrogen and oxygen atoms in total. The Morgan fingerprint density at radius 2 is 2.06 bits per heavy atom. The summed E-state index contributed by atoms with van der Waals surface area (Å²) in [5, 5.41) is 4.75. The van der Waals surface area contributed by atoms with Crippen molar-refractivity contribution in [1.82, 2.24) is 5.43 Å². The summed E-state index contributed by atoms with van der Waals surface area (Å²) < 4.78 is 22.1. The highest BCUT2D eigenvalue weighted by molar-refractivity contribution is 9.11. The fourth-order valence-electron chi connectivity index (χ4n) is 4.62. The second-order valence-electron chi connectivity index (χ2n) is 8.71. The minimum absolute atomic E-state index is 0.0334. The van der Waals surface area contributed by atoms with Crippen molar-refractivity contribution in [3.63, 3.8) is 0 Å². The SMILES string of the molecule is CCN1c2cc(F)c(/C=N\NC(=O)c3cc4cc(Br)cc(Br)c4o3)cc2C(C)CC1(C)C. The van der Waals surface area contributed by atoms with Crippen LogP contribution in [0.3, 0.4) is 0 Å². The number of anilines is 1. The summed E-state index contributed by atoms with van der Waals surface area (Å²) in [4.78, 5) is 14.7. The highest BCUT2D eigenvalue weighted by Gasteiger charge is 2.36. The largest absolute Gasteiger partial charge is 0.450 e. The van der Waals surface area contributed by atoms with Crippen molar-refractivity contribution in [3.05, 3.63) is 62.0 Å². The first-order valence-corrected chi connectivity index (χ1v) is 12.0. The van der Waals surface area contributed by atoms with E-state index < -0.39 is 5.91 Å². The van der Waals surface area contributed by atoms with E-state index >= 15 is 0 Å². The third-order valence-electron chi connectivity index (χ3n) is 5.95. The van der Waals surface area contributed by atoms with Crippen LogP contribution in [0.1, 0.15) is 61.7 Å². The Labute approximate surface area is 203 Å².